The van der Waals surface area contributed by atoms with E-state index in [0.29, 0.717) is 6.42 Å². The molecule has 0 radical (unpaired) electrons. The van der Waals surface area contributed by atoms with E-state index in [1.54, 1.807) is 0 Å². The second-order valence-electron chi connectivity index (χ2n) is 4.25. The zero-order valence-corrected chi connectivity index (χ0v) is 11.2. The van der Waals surface area contributed by atoms with Crippen molar-refractivity contribution in [2.75, 3.05) is 19.6 Å². The maximum atomic E-state index is 13.4. The monoisotopic (exact) mass is 285 g/mol. The van der Waals surface area contributed by atoms with E-state index in [0.717, 1.165) is 25.6 Å². The van der Waals surface area contributed by atoms with Crippen LogP contribution < -0.4 is 10.0 Å². The van der Waals surface area contributed by atoms with Crippen molar-refractivity contribution in [3.8, 4) is 0 Å². The van der Waals surface area contributed by atoms with E-state index in [1.165, 1.54) is 17.8 Å². The van der Waals surface area contributed by atoms with Gasteiger partial charge in [0.1, 0.15) is 0 Å². The minimum absolute atomic E-state index is 0.254. The molecule has 0 amide bonds. The van der Waals surface area contributed by atoms with Crippen molar-refractivity contribution in [3.05, 3.63) is 35.8 Å². The third-order valence-electron chi connectivity index (χ3n) is 2.88. The molecular formula is C12H16FN3O2S. The van der Waals surface area contributed by atoms with Gasteiger partial charge in [0.15, 0.2) is 5.82 Å². The molecule has 1 aliphatic rings. The van der Waals surface area contributed by atoms with Gasteiger partial charge in [-0.05, 0) is 31.5 Å². The quantitative estimate of drug-likeness (QED) is 0.785. The molecule has 1 aromatic heterocycles. The Morgan fingerprint density at radius 2 is 2.32 bits per heavy atom. The van der Waals surface area contributed by atoms with E-state index in [9.17, 15) is 12.8 Å². The van der Waals surface area contributed by atoms with Crippen LogP contribution in [0, 0.1) is 5.82 Å². The molecule has 0 saturated heterocycles. The number of pyridine rings is 1. The summed E-state index contributed by atoms with van der Waals surface area (Å²) in [6.45, 7) is 1.98. The second-order valence-corrected chi connectivity index (χ2v) is 5.94. The van der Waals surface area contributed by atoms with Crippen LogP contribution in [0.3, 0.4) is 0 Å². The molecule has 2 N–H and O–H groups in total. The van der Waals surface area contributed by atoms with Gasteiger partial charge < -0.3 is 5.32 Å². The molecule has 7 heteroatoms. The van der Waals surface area contributed by atoms with Crippen LogP contribution in [-0.2, 0) is 10.0 Å². The average molecular weight is 285 g/mol. The van der Waals surface area contributed by atoms with Gasteiger partial charge in [-0.2, -0.15) is 0 Å². The highest BCUT2D eigenvalue weighted by molar-refractivity contribution is 7.89. The lowest BCUT2D eigenvalue weighted by Crippen LogP contribution is -2.28. The van der Waals surface area contributed by atoms with Crippen LogP contribution in [0.15, 0.2) is 35.0 Å². The van der Waals surface area contributed by atoms with Crippen LogP contribution in [0.2, 0.25) is 0 Å². The third kappa shape index (κ3) is 3.82. The zero-order chi connectivity index (χ0) is 13.7. The number of hydrogen-bond acceptors (Lipinski definition) is 4. The van der Waals surface area contributed by atoms with E-state index in [-0.39, 0.29) is 6.54 Å². The molecule has 104 valence electrons. The number of nitrogens with zero attached hydrogens (tertiary/aromatic N) is 1. The van der Waals surface area contributed by atoms with E-state index < -0.39 is 20.9 Å². The molecule has 1 aliphatic heterocycles. The van der Waals surface area contributed by atoms with Gasteiger partial charge >= 0.3 is 0 Å². The van der Waals surface area contributed by atoms with E-state index in [1.807, 2.05) is 0 Å². The highest BCUT2D eigenvalue weighted by atomic mass is 32.2. The fraction of sp³-hybridized carbons (Fsp3) is 0.417. The topological polar surface area (TPSA) is 71.1 Å². The Morgan fingerprint density at radius 1 is 1.47 bits per heavy atom. The fourth-order valence-corrected chi connectivity index (χ4v) is 2.91. The van der Waals surface area contributed by atoms with Crippen LogP contribution in [0.5, 0.6) is 0 Å². The molecule has 19 heavy (non-hydrogen) atoms. The Balaban J connectivity index is 1.95. The lowest BCUT2D eigenvalue weighted by Gasteiger charge is -2.14. The SMILES string of the molecule is O=S(=O)(NCCC1=CCNCC1)c1ncccc1F. The predicted molar refractivity (Wildman–Crippen MR) is 69.6 cm³/mol. The molecule has 0 atom stereocenters. The van der Waals surface area contributed by atoms with Crippen molar-refractivity contribution < 1.29 is 12.8 Å². The number of hydrogen-bond donors (Lipinski definition) is 2. The first-order valence-corrected chi connectivity index (χ1v) is 7.57. The second kappa shape index (κ2) is 6.23. The number of halogens is 1. The minimum atomic E-state index is -3.87. The van der Waals surface area contributed by atoms with Crippen LogP contribution in [0.4, 0.5) is 4.39 Å². The third-order valence-corrected chi connectivity index (χ3v) is 4.27. The molecule has 1 aromatic rings. The molecule has 0 unspecified atom stereocenters. The van der Waals surface area contributed by atoms with E-state index >= 15 is 0 Å². The molecule has 2 rings (SSSR count). The number of rotatable bonds is 5. The average Bonchev–Trinajstić information content (AvgIpc) is 2.40. The Hall–Kier alpha value is -1.31. The Morgan fingerprint density at radius 3 is 3.00 bits per heavy atom. The summed E-state index contributed by atoms with van der Waals surface area (Å²) in [5.41, 5.74) is 1.21. The van der Waals surface area contributed by atoms with Crippen molar-refractivity contribution >= 4 is 10.0 Å². The molecule has 2 heterocycles. The molecule has 0 saturated carbocycles. The normalized spacial score (nSPS) is 16.2. The first-order valence-electron chi connectivity index (χ1n) is 6.08. The Kier molecular flexibility index (Phi) is 4.62. The molecule has 0 spiro atoms. The molecule has 0 bridgehead atoms. The van der Waals surface area contributed by atoms with Crippen molar-refractivity contribution in [2.45, 2.75) is 17.9 Å². The smallest absolute Gasteiger partial charge is 0.261 e. The van der Waals surface area contributed by atoms with Crippen molar-refractivity contribution in [1.29, 1.82) is 0 Å². The lowest BCUT2D eigenvalue weighted by molar-refractivity contribution is 0.544. The predicted octanol–water partition coefficient (Wildman–Crippen LogP) is 0.809. The zero-order valence-electron chi connectivity index (χ0n) is 10.4. The molecule has 0 aliphatic carbocycles. The van der Waals surface area contributed by atoms with E-state index in [2.05, 4.69) is 21.1 Å². The molecular weight excluding hydrogens is 269 g/mol. The summed E-state index contributed by atoms with van der Waals surface area (Å²) in [6, 6.07) is 2.44. The summed E-state index contributed by atoms with van der Waals surface area (Å²) >= 11 is 0. The summed E-state index contributed by atoms with van der Waals surface area (Å²) in [6.07, 6.45) is 4.86. The van der Waals surface area contributed by atoms with Gasteiger partial charge in [-0.3, -0.25) is 0 Å². The van der Waals surface area contributed by atoms with Gasteiger partial charge in [-0.1, -0.05) is 11.6 Å². The van der Waals surface area contributed by atoms with Crippen LogP contribution in [-0.4, -0.2) is 33.0 Å². The Bertz CT molecular complexity index is 572. The highest BCUT2D eigenvalue weighted by Gasteiger charge is 2.19. The fourth-order valence-electron chi connectivity index (χ4n) is 1.88. The first kappa shape index (κ1) is 14.1. The van der Waals surface area contributed by atoms with E-state index in [4.69, 9.17) is 0 Å². The number of nitrogens with one attached hydrogen (secondary N) is 2. The molecule has 0 fully saturated rings. The molecule has 0 aromatic carbocycles. The molecule has 5 nitrogen and oxygen atoms in total. The summed E-state index contributed by atoms with van der Waals surface area (Å²) < 4.78 is 39.4. The van der Waals surface area contributed by atoms with Crippen molar-refractivity contribution in [2.24, 2.45) is 0 Å². The number of aromatic nitrogens is 1. The van der Waals surface area contributed by atoms with Crippen molar-refractivity contribution in [1.82, 2.24) is 15.0 Å². The van der Waals surface area contributed by atoms with Gasteiger partial charge in [0.25, 0.3) is 10.0 Å². The van der Waals surface area contributed by atoms with Crippen LogP contribution >= 0.6 is 0 Å². The van der Waals surface area contributed by atoms with Crippen LogP contribution in [0.25, 0.3) is 0 Å². The minimum Gasteiger partial charge on any atom is -0.313 e. The summed E-state index contributed by atoms with van der Waals surface area (Å²) in [5.74, 6) is -0.837. The summed E-state index contributed by atoms with van der Waals surface area (Å²) in [4.78, 5) is 3.57. The first-order chi connectivity index (χ1) is 9.09. The van der Waals surface area contributed by atoms with Gasteiger partial charge in [-0.25, -0.2) is 22.5 Å². The summed E-state index contributed by atoms with van der Waals surface area (Å²) in [5, 5.41) is 2.63. The maximum absolute atomic E-state index is 13.4. The van der Waals surface area contributed by atoms with Crippen LogP contribution in [0.1, 0.15) is 12.8 Å². The lowest BCUT2D eigenvalue weighted by atomic mass is 10.1. The summed E-state index contributed by atoms with van der Waals surface area (Å²) in [7, 11) is -3.87. The van der Waals surface area contributed by atoms with Gasteiger partial charge in [0, 0.05) is 19.3 Å². The number of sulfonamides is 1. The standard InChI is InChI=1S/C12H16FN3O2S/c13-11-2-1-6-15-12(11)19(17,18)16-9-5-10-3-7-14-8-4-10/h1-3,6,14,16H,4-5,7-9H2. The van der Waals surface area contributed by atoms with Gasteiger partial charge in [0.05, 0.1) is 0 Å². The largest absolute Gasteiger partial charge is 0.313 e. The maximum Gasteiger partial charge on any atom is 0.261 e. The van der Waals surface area contributed by atoms with Gasteiger partial charge in [-0.15, -0.1) is 0 Å². The highest BCUT2D eigenvalue weighted by Crippen LogP contribution is 2.11. The van der Waals surface area contributed by atoms with Crippen molar-refractivity contribution in [3.63, 3.8) is 0 Å². The Labute approximate surface area is 112 Å². The van der Waals surface area contributed by atoms with Gasteiger partial charge in [0.2, 0.25) is 5.03 Å².